The molecule has 28 heavy (non-hydrogen) atoms. The van der Waals surface area contributed by atoms with Crippen LogP contribution in [0, 0.1) is 0 Å². The predicted molar refractivity (Wildman–Crippen MR) is 114 cm³/mol. The van der Waals surface area contributed by atoms with E-state index < -0.39 is 0 Å². The number of ether oxygens (including phenoxy) is 2. The van der Waals surface area contributed by atoms with Crippen LogP contribution in [0.4, 0.5) is 11.4 Å². The van der Waals surface area contributed by atoms with E-state index in [-0.39, 0.29) is 5.91 Å². The number of nitrogens with one attached hydrogen (secondary N) is 1. The summed E-state index contributed by atoms with van der Waals surface area (Å²) in [7, 11) is 6.89. The van der Waals surface area contributed by atoms with Crippen molar-refractivity contribution >= 4 is 40.2 Å². The molecule has 0 fully saturated rings. The summed E-state index contributed by atoms with van der Waals surface area (Å²) in [5, 5.41) is 5.82. The van der Waals surface area contributed by atoms with E-state index in [9.17, 15) is 4.79 Å². The number of nitrogens with zero attached hydrogens (tertiary/aromatic N) is 2. The van der Waals surface area contributed by atoms with Crippen LogP contribution in [0.2, 0.25) is 5.02 Å². The van der Waals surface area contributed by atoms with Crippen molar-refractivity contribution < 1.29 is 14.3 Å². The standard InChI is InChI=1S/C20H20ClN3O3S/c1-24(2)17-13(21)8-6-9-14(17)22-19(25)15-11-28-20(23-15)12-7-5-10-16(26-3)18(12)27-4/h5-11H,1-4H3,(H,22,25). The fourth-order valence-corrected chi connectivity index (χ4v) is 3.98. The van der Waals surface area contributed by atoms with E-state index in [4.69, 9.17) is 21.1 Å². The summed E-state index contributed by atoms with van der Waals surface area (Å²) in [6.45, 7) is 0. The maximum atomic E-state index is 12.7. The van der Waals surface area contributed by atoms with Crippen molar-refractivity contribution in [3.63, 3.8) is 0 Å². The van der Waals surface area contributed by atoms with Crippen LogP contribution >= 0.6 is 22.9 Å². The molecular formula is C20H20ClN3O3S. The molecule has 3 rings (SSSR count). The van der Waals surface area contributed by atoms with Gasteiger partial charge in [-0.25, -0.2) is 4.98 Å². The van der Waals surface area contributed by atoms with E-state index in [0.29, 0.717) is 32.9 Å². The predicted octanol–water partition coefficient (Wildman–Crippen LogP) is 4.80. The number of rotatable bonds is 6. The molecule has 0 spiro atoms. The number of carbonyl (C=O) groups is 1. The third-order valence-electron chi connectivity index (χ3n) is 4.05. The number of benzene rings is 2. The second-order valence-electron chi connectivity index (χ2n) is 6.06. The van der Waals surface area contributed by atoms with Crippen LogP contribution in [-0.4, -0.2) is 39.2 Å². The summed E-state index contributed by atoms with van der Waals surface area (Å²) in [4.78, 5) is 19.1. The van der Waals surface area contributed by atoms with Gasteiger partial charge in [-0.15, -0.1) is 11.3 Å². The molecule has 1 heterocycles. The number of anilines is 2. The second-order valence-corrected chi connectivity index (χ2v) is 7.33. The summed E-state index contributed by atoms with van der Waals surface area (Å²) in [6, 6.07) is 10.9. The van der Waals surface area contributed by atoms with Crippen molar-refractivity contribution in [2.24, 2.45) is 0 Å². The Bertz CT molecular complexity index is 1000. The van der Waals surface area contributed by atoms with Gasteiger partial charge in [-0.05, 0) is 24.3 Å². The van der Waals surface area contributed by atoms with E-state index >= 15 is 0 Å². The van der Waals surface area contributed by atoms with Gasteiger partial charge in [-0.2, -0.15) is 0 Å². The number of methoxy groups -OCH3 is 2. The average Bonchev–Trinajstić information content (AvgIpc) is 3.17. The monoisotopic (exact) mass is 417 g/mol. The minimum atomic E-state index is -0.310. The first-order valence-electron chi connectivity index (χ1n) is 8.40. The molecule has 0 aliphatic heterocycles. The van der Waals surface area contributed by atoms with Crippen molar-refractivity contribution in [1.29, 1.82) is 0 Å². The van der Waals surface area contributed by atoms with Crippen LogP contribution in [-0.2, 0) is 0 Å². The lowest BCUT2D eigenvalue weighted by atomic mass is 10.2. The van der Waals surface area contributed by atoms with Gasteiger partial charge < -0.3 is 19.7 Å². The highest BCUT2D eigenvalue weighted by atomic mass is 35.5. The summed E-state index contributed by atoms with van der Waals surface area (Å²) in [6.07, 6.45) is 0. The summed E-state index contributed by atoms with van der Waals surface area (Å²) < 4.78 is 10.8. The molecule has 0 aliphatic carbocycles. The molecule has 0 bridgehead atoms. The number of hydrogen-bond acceptors (Lipinski definition) is 6. The topological polar surface area (TPSA) is 63.7 Å². The van der Waals surface area contributed by atoms with Crippen molar-refractivity contribution in [3.05, 3.63) is 52.5 Å². The van der Waals surface area contributed by atoms with Gasteiger partial charge in [0.05, 0.1) is 36.2 Å². The van der Waals surface area contributed by atoms with Crippen molar-refractivity contribution in [2.45, 2.75) is 0 Å². The molecule has 146 valence electrons. The Morgan fingerprint density at radius 2 is 1.89 bits per heavy atom. The van der Waals surface area contributed by atoms with Gasteiger partial charge in [0.1, 0.15) is 10.7 Å². The summed E-state index contributed by atoms with van der Waals surface area (Å²) >= 11 is 7.63. The Balaban J connectivity index is 1.90. The normalized spacial score (nSPS) is 10.5. The lowest BCUT2D eigenvalue weighted by molar-refractivity contribution is 0.102. The largest absolute Gasteiger partial charge is 0.493 e. The minimum Gasteiger partial charge on any atom is -0.493 e. The zero-order valence-electron chi connectivity index (χ0n) is 15.9. The highest BCUT2D eigenvalue weighted by Gasteiger charge is 2.18. The molecule has 8 heteroatoms. The fourth-order valence-electron chi connectivity index (χ4n) is 2.81. The van der Waals surface area contributed by atoms with Crippen molar-refractivity contribution in [3.8, 4) is 22.1 Å². The van der Waals surface area contributed by atoms with Crippen LogP contribution in [0.3, 0.4) is 0 Å². The molecule has 0 atom stereocenters. The zero-order valence-corrected chi connectivity index (χ0v) is 17.5. The van der Waals surface area contributed by atoms with Crippen LogP contribution in [0.25, 0.3) is 10.6 Å². The Morgan fingerprint density at radius 1 is 1.14 bits per heavy atom. The van der Waals surface area contributed by atoms with Gasteiger partial charge in [0.25, 0.3) is 5.91 Å². The first-order chi connectivity index (χ1) is 13.5. The van der Waals surface area contributed by atoms with Gasteiger partial charge in [0.2, 0.25) is 0 Å². The smallest absolute Gasteiger partial charge is 0.275 e. The lowest BCUT2D eigenvalue weighted by Gasteiger charge is -2.19. The molecule has 0 aliphatic rings. The van der Waals surface area contributed by atoms with Gasteiger partial charge >= 0.3 is 0 Å². The van der Waals surface area contributed by atoms with Gasteiger partial charge in [0.15, 0.2) is 11.5 Å². The molecule has 0 radical (unpaired) electrons. The molecule has 6 nitrogen and oxygen atoms in total. The van der Waals surface area contributed by atoms with E-state index in [1.54, 1.807) is 37.8 Å². The van der Waals surface area contributed by atoms with E-state index in [0.717, 1.165) is 11.3 Å². The van der Waals surface area contributed by atoms with Gasteiger partial charge in [-0.1, -0.05) is 23.7 Å². The van der Waals surface area contributed by atoms with E-state index in [2.05, 4.69) is 10.3 Å². The van der Waals surface area contributed by atoms with Crippen LogP contribution in [0.5, 0.6) is 11.5 Å². The maximum Gasteiger partial charge on any atom is 0.275 e. The number of hydrogen-bond donors (Lipinski definition) is 1. The Morgan fingerprint density at radius 3 is 2.57 bits per heavy atom. The van der Waals surface area contributed by atoms with E-state index in [1.807, 2.05) is 37.2 Å². The maximum absolute atomic E-state index is 12.7. The van der Waals surface area contributed by atoms with Crippen LogP contribution in [0.1, 0.15) is 10.5 Å². The van der Waals surface area contributed by atoms with Crippen molar-refractivity contribution in [2.75, 3.05) is 38.5 Å². The SMILES string of the molecule is COc1cccc(-c2nc(C(=O)Nc3cccc(Cl)c3N(C)C)cs2)c1OC. The molecule has 2 aromatic carbocycles. The quantitative estimate of drug-likeness (QED) is 0.624. The summed E-state index contributed by atoms with van der Waals surface area (Å²) in [5.74, 6) is 0.876. The first kappa shape index (κ1) is 20.0. The van der Waals surface area contributed by atoms with Gasteiger partial charge in [0, 0.05) is 19.5 Å². The molecule has 0 saturated carbocycles. The molecule has 0 saturated heterocycles. The highest BCUT2D eigenvalue weighted by molar-refractivity contribution is 7.13. The summed E-state index contributed by atoms with van der Waals surface area (Å²) in [5.41, 5.74) is 2.44. The number of thiazole rings is 1. The van der Waals surface area contributed by atoms with Crippen LogP contribution in [0.15, 0.2) is 41.8 Å². The molecule has 1 N–H and O–H groups in total. The third-order valence-corrected chi connectivity index (χ3v) is 5.23. The van der Waals surface area contributed by atoms with E-state index in [1.165, 1.54) is 11.3 Å². The van der Waals surface area contributed by atoms with Crippen molar-refractivity contribution in [1.82, 2.24) is 4.98 Å². The molecule has 1 amide bonds. The number of amides is 1. The number of carbonyl (C=O) groups excluding carboxylic acids is 1. The zero-order chi connectivity index (χ0) is 20.3. The van der Waals surface area contributed by atoms with Crippen LogP contribution < -0.4 is 19.7 Å². The molecule has 0 unspecified atom stereocenters. The number of halogens is 1. The third kappa shape index (κ3) is 3.90. The van der Waals surface area contributed by atoms with Gasteiger partial charge in [-0.3, -0.25) is 4.79 Å². The molecule has 1 aromatic heterocycles. The average molecular weight is 418 g/mol. The minimum absolute atomic E-state index is 0.310. The Kier molecular flexibility index (Phi) is 6.06. The molecular weight excluding hydrogens is 398 g/mol. The highest BCUT2D eigenvalue weighted by Crippen LogP contribution is 2.39. The number of aromatic nitrogens is 1. The Hall–Kier alpha value is -2.77. The number of para-hydroxylation sites is 2. The lowest BCUT2D eigenvalue weighted by Crippen LogP contribution is -2.17. The molecule has 3 aromatic rings. The second kappa shape index (κ2) is 8.50. The fraction of sp³-hybridized carbons (Fsp3) is 0.200. The first-order valence-corrected chi connectivity index (χ1v) is 9.66. The Labute approximate surface area is 172 Å².